The summed E-state index contributed by atoms with van der Waals surface area (Å²) in [5, 5.41) is 9.05. The number of aromatic nitrogens is 2. The third kappa shape index (κ3) is 3.95. The highest BCUT2D eigenvalue weighted by molar-refractivity contribution is 5.92. The second-order valence-corrected chi connectivity index (χ2v) is 4.59. The topological polar surface area (TPSA) is 109 Å². The number of carbonyl (C=O) groups excluding carboxylic acids is 1. The zero-order chi connectivity index (χ0) is 14.4. The number of aromatic amines is 1. The van der Waals surface area contributed by atoms with Crippen LogP contribution >= 0.6 is 0 Å². The minimum atomic E-state index is -0.198. The summed E-state index contributed by atoms with van der Waals surface area (Å²) in [6.45, 7) is 5.03. The van der Waals surface area contributed by atoms with Crippen molar-refractivity contribution in [1.82, 2.24) is 20.4 Å². The lowest BCUT2D eigenvalue weighted by atomic mass is 10.3. The van der Waals surface area contributed by atoms with Gasteiger partial charge in [-0.05, 0) is 13.0 Å². The van der Waals surface area contributed by atoms with E-state index in [1.807, 2.05) is 11.8 Å². The molecule has 0 saturated carbocycles. The van der Waals surface area contributed by atoms with Crippen LogP contribution in [0, 0.1) is 0 Å². The Bertz CT molecular complexity index is 459. The van der Waals surface area contributed by atoms with E-state index in [-0.39, 0.29) is 12.0 Å². The molecule has 2 heterocycles. The smallest absolute Gasteiger partial charge is 0.269 e. The highest BCUT2D eigenvalue weighted by Gasteiger charge is 2.17. The van der Waals surface area contributed by atoms with Crippen LogP contribution in [0.3, 0.4) is 0 Å². The molecule has 1 aliphatic rings. The number of nitrogens with one attached hydrogen (secondary N) is 2. The number of guanidine groups is 1. The van der Waals surface area contributed by atoms with Crippen molar-refractivity contribution in [2.24, 2.45) is 10.7 Å². The third-order valence-corrected chi connectivity index (χ3v) is 2.98. The molecule has 0 radical (unpaired) electrons. The largest absolute Gasteiger partial charge is 0.375 e. The average Bonchev–Trinajstić information content (AvgIpc) is 2.97. The molecular weight excluding hydrogens is 260 g/mol. The molecule has 2 rings (SSSR count). The molecule has 1 aliphatic heterocycles. The Balaban J connectivity index is 1.71. The van der Waals surface area contributed by atoms with Crippen molar-refractivity contribution in [3.8, 4) is 0 Å². The first-order valence-corrected chi connectivity index (χ1v) is 6.61. The summed E-state index contributed by atoms with van der Waals surface area (Å²) in [6.07, 6.45) is 1.70. The molecule has 1 amide bonds. The Morgan fingerprint density at radius 1 is 1.75 bits per heavy atom. The van der Waals surface area contributed by atoms with Crippen molar-refractivity contribution in [1.29, 1.82) is 0 Å². The first kappa shape index (κ1) is 14.3. The summed E-state index contributed by atoms with van der Waals surface area (Å²) in [5.41, 5.74) is 6.35. The molecule has 1 saturated heterocycles. The number of hydrogen-bond acceptors (Lipinski definition) is 4. The van der Waals surface area contributed by atoms with Crippen LogP contribution in [0.25, 0.3) is 0 Å². The van der Waals surface area contributed by atoms with E-state index >= 15 is 0 Å². The summed E-state index contributed by atoms with van der Waals surface area (Å²) >= 11 is 0. The Morgan fingerprint density at radius 2 is 2.60 bits per heavy atom. The summed E-state index contributed by atoms with van der Waals surface area (Å²) in [6, 6.07) is 1.61. The lowest BCUT2D eigenvalue weighted by molar-refractivity contribution is 0.00530. The highest BCUT2D eigenvalue weighted by Crippen LogP contribution is 2.03. The van der Waals surface area contributed by atoms with E-state index in [1.54, 1.807) is 6.07 Å². The fourth-order valence-corrected chi connectivity index (χ4v) is 1.94. The molecule has 0 bridgehead atoms. The van der Waals surface area contributed by atoms with Crippen LogP contribution in [0.5, 0.6) is 0 Å². The van der Waals surface area contributed by atoms with Crippen LogP contribution < -0.4 is 11.1 Å². The van der Waals surface area contributed by atoms with E-state index in [4.69, 9.17) is 10.5 Å². The summed E-state index contributed by atoms with van der Waals surface area (Å²) in [4.78, 5) is 17.9. The maximum absolute atomic E-state index is 11.6. The Morgan fingerprint density at radius 3 is 3.30 bits per heavy atom. The second kappa shape index (κ2) is 6.90. The number of aliphatic imine (C=N–C) groups is 1. The Hall–Kier alpha value is -2.09. The maximum Gasteiger partial charge on any atom is 0.269 e. The molecule has 0 aliphatic carbocycles. The molecule has 8 nitrogen and oxygen atoms in total. The fraction of sp³-hybridized carbons (Fsp3) is 0.583. The Labute approximate surface area is 117 Å². The molecule has 1 atom stereocenters. The van der Waals surface area contributed by atoms with E-state index in [9.17, 15) is 4.79 Å². The van der Waals surface area contributed by atoms with Crippen molar-refractivity contribution in [2.45, 2.75) is 13.0 Å². The minimum Gasteiger partial charge on any atom is -0.375 e. The van der Waals surface area contributed by atoms with E-state index in [2.05, 4.69) is 20.5 Å². The van der Waals surface area contributed by atoms with Gasteiger partial charge in [-0.2, -0.15) is 5.10 Å². The molecule has 1 unspecified atom stereocenters. The molecule has 20 heavy (non-hydrogen) atoms. The SMILES string of the molecule is CC1CN(C(N)=NCCNC(=O)c2ccn[nH]2)CCO1. The monoisotopic (exact) mass is 280 g/mol. The van der Waals surface area contributed by atoms with Gasteiger partial charge in [0.1, 0.15) is 5.69 Å². The van der Waals surface area contributed by atoms with Crippen LogP contribution in [-0.2, 0) is 4.74 Å². The van der Waals surface area contributed by atoms with Crippen LogP contribution in [-0.4, -0.2) is 65.9 Å². The van der Waals surface area contributed by atoms with E-state index in [0.29, 0.717) is 31.3 Å². The number of H-pyrrole nitrogens is 1. The zero-order valence-electron chi connectivity index (χ0n) is 11.5. The van der Waals surface area contributed by atoms with E-state index < -0.39 is 0 Å². The van der Waals surface area contributed by atoms with Gasteiger partial charge in [-0.3, -0.25) is 14.9 Å². The van der Waals surface area contributed by atoms with Gasteiger partial charge >= 0.3 is 0 Å². The summed E-state index contributed by atoms with van der Waals surface area (Å²) in [5.74, 6) is 0.298. The van der Waals surface area contributed by atoms with Gasteiger partial charge in [-0.25, -0.2) is 0 Å². The van der Waals surface area contributed by atoms with Gasteiger partial charge < -0.3 is 20.7 Å². The first-order chi connectivity index (χ1) is 9.66. The summed E-state index contributed by atoms with van der Waals surface area (Å²) < 4.78 is 5.44. The number of hydrogen-bond donors (Lipinski definition) is 3. The number of nitrogens with two attached hydrogens (primary N) is 1. The number of rotatable bonds is 4. The molecule has 4 N–H and O–H groups in total. The standard InChI is InChI=1S/C12H20N6O2/c1-9-8-18(6-7-20-9)12(13)15-5-4-14-11(19)10-2-3-16-17-10/h2-3,9H,4-8H2,1H3,(H2,13,15)(H,14,19)(H,16,17). The summed E-state index contributed by atoms with van der Waals surface area (Å²) in [7, 11) is 0. The number of amides is 1. The van der Waals surface area contributed by atoms with Crippen molar-refractivity contribution in [2.75, 3.05) is 32.8 Å². The third-order valence-electron chi connectivity index (χ3n) is 2.98. The van der Waals surface area contributed by atoms with Gasteiger partial charge in [0, 0.05) is 25.8 Å². The van der Waals surface area contributed by atoms with Crippen molar-refractivity contribution >= 4 is 11.9 Å². The molecule has 1 aromatic heterocycles. The lowest BCUT2D eigenvalue weighted by Crippen LogP contribution is -2.48. The van der Waals surface area contributed by atoms with E-state index in [1.165, 1.54) is 6.20 Å². The average molecular weight is 280 g/mol. The molecule has 1 fully saturated rings. The van der Waals surface area contributed by atoms with Crippen molar-refractivity contribution < 1.29 is 9.53 Å². The first-order valence-electron chi connectivity index (χ1n) is 6.61. The maximum atomic E-state index is 11.6. The van der Waals surface area contributed by atoms with Gasteiger partial charge in [0.15, 0.2) is 5.96 Å². The Kier molecular flexibility index (Phi) is 4.94. The van der Waals surface area contributed by atoms with Crippen LogP contribution in [0.1, 0.15) is 17.4 Å². The normalized spacial score (nSPS) is 19.9. The minimum absolute atomic E-state index is 0.164. The molecule has 110 valence electrons. The highest BCUT2D eigenvalue weighted by atomic mass is 16.5. The number of nitrogens with zero attached hydrogens (tertiary/aromatic N) is 3. The molecule has 0 aromatic carbocycles. The molecule has 0 spiro atoms. The van der Waals surface area contributed by atoms with E-state index in [0.717, 1.165) is 13.1 Å². The van der Waals surface area contributed by atoms with Gasteiger partial charge in [-0.1, -0.05) is 0 Å². The van der Waals surface area contributed by atoms with Gasteiger partial charge in [0.05, 0.1) is 19.3 Å². The molecule has 1 aromatic rings. The van der Waals surface area contributed by atoms with Crippen LogP contribution in [0.2, 0.25) is 0 Å². The number of morpholine rings is 1. The van der Waals surface area contributed by atoms with Crippen LogP contribution in [0.4, 0.5) is 0 Å². The van der Waals surface area contributed by atoms with Gasteiger partial charge in [0.25, 0.3) is 5.91 Å². The second-order valence-electron chi connectivity index (χ2n) is 4.59. The number of ether oxygens (including phenoxy) is 1. The molecular formula is C12H20N6O2. The number of carbonyl (C=O) groups is 1. The van der Waals surface area contributed by atoms with Crippen molar-refractivity contribution in [3.63, 3.8) is 0 Å². The lowest BCUT2D eigenvalue weighted by Gasteiger charge is -2.31. The van der Waals surface area contributed by atoms with Crippen LogP contribution in [0.15, 0.2) is 17.3 Å². The van der Waals surface area contributed by atoms with Crippen molar-refractivity contribution in [3.05, 3.63) is 18.0 Å². The van der Waals surface area contributed by atoms with Gasteiger partial charge in [-0.15, -0.1) is 0 Å². The predicted molar refractivity (Wildman–Crippen MR) is 74.4 cm³/mol. The molecule has 8 heteroatoms. The quantitative estimate of drug-likeness (QED) is 0.379. The predicted octanol–water partition coefficient (Wildman–Crippen LogP) is -0.825. The zero-order valence-corrected chi connectivity index (χ0v) is 11.5. The van der Waals surface area contributed by atoms with Gasteiger partial charge in [0.2, 0.25) is 0 Å². The fourth-order valence-electron chi connectivity index (χ4n) is 1.94.